The standard InChI is InChI=1S/C17H21F2N3O2/c1-2-3-4-5-9-20-17(23)15-8-10-22(21-15)12-24-16-7-6-13(18)11-14(16)19/h6-8,10-11H,2-5,9,12H2,1H3,(H,20,23). The molecule has 0 atom stereocenters. The molecule has 0 saturated carbocycles. The molecule has 1 amide bonds. The lowest BCUT2D eigenvalue weighted by Crippen LogP contribution is -2.25. The smallest absolute Gasteiger partial charge is 0.271 e. The van der Waals surface area contributed by atoms with E-state index in [1.165, 1.54) is 10.7 Å². The molecule has 0 saturated heterocycles. The minimum Gasteiger partial charge on any atom is -0.468 e. The third-order valence-electron chi connectivity index (χ3n) is 3.44. The second-order valence-electron chi connectivity index (χ2n) is 5.41. The van der Waals surface area contributed by atoms with Gasteiger partial charge in [-0.05, 0) is 24.6 Å². The van der Waals surface area contributed by atoms with Crippen LogP contribution in [0.25, 0.3) is 0 Å². The lowest BCUT2D eigenvalue weighted by atomic mass is 10.2. The number of rotatable bonds is 9. The number of nitrogens with one attached hydrogen (secondary N) is 1. The highest BCUT2D eigenvalue weighted by atomic mass is 19.1. The molecule has 1 aromatic heterocycles. The average Bonchev–Trinajstić information content (AvgIpc) is 3.03. The highest BCUT2D eigenvalue weighted by Crippen LogP contribution is 2.17. The van der Waals surface area contributed by atoms with Crippen LogP contribution in [0, 0.1) is 11.6 Å². The van der Waals surface area contributed by atoms with E-state index in [0.29, 0.717) is 6.54 Å². The van der Waals surface area contributed by atoms with Gasteiger partial charge in [0.05, 0.1) is 0 Å². The molecule has 2 rings (SSSR count). The number of benzene rings is 1. The molecule has 0 spiro atoms. The third kappa shape index (κ3) is 5.33. The molecule has 0 aliphatic carbocycles. The summed E-state index contributed by atoms with van der Waals surface area (Å²) < 4.78 is 32.9. The van der Waals surface area contributed by atoms with Gasteiger partial charge in [0.25, 0.3) is 5.91 Å². The van der Waals surface area contributed by atoms with E-state index in [4.69, 9.17) is 4.74 Å². The number of carbonyl (C=O) groups is 1. The lowest BCUT2D eigenvalue weighted by molar-refractivity contribution is 0.0945. The number of halogens is 2. The molecule has 1 heterocycles. The van der Waals surface area contributed by atoms with Crippen molar-refractivity contribution in [1.29, 1.82) is 0 Å². The summed E-state index contributed by atoms with van der Waals surface area (Å²) in [5.74, 6) is -1.78. The Bertz CT molecular complexity index is 674. The molecule has 0 radical (unpaired) electrons. The van der Waals surface area contributed by atoms with Gasteiger partial charge < -0.3 is 10.1 Å². The first kappa shape index (κ1) is 17.9. The third-order valence-corrected chi connectivity index (χ3v) is 3.44. The largest absolute Gasteiger partial charge is 0.468 e. The van der Waals surface area contributed by atoms with Gasteiger partial charge in [-0.2, -0.15) is 5.10 Å². The Hall–Kier alpha value is -2.44. The fourth-order valence-corrected chi connectivity index (χ4v) is 2.13. The molecule has 24 heavy (non-hydrogen) atoms. The minimum atomic E-state index is -0.785. The predicted molar refractivity (Wildman–Crippen MR) is 85.7 cm³/mol. The van der Waals surface area contributed by atoms with Gasteiger partial charge in [0.15, 0.2) is 18.3 Å². The second kappa shape index (κ2) is 9.00. The van der Waals surface area contributed by atoms with Crippen LogP contribution in [-0.4, -0.2) is 22.2 Å². The quantitative estimate of drug-likeness (QED) is 0.713. The van der Waals surface area contributed by atoms with Crippen molar-refractivity contribution in [2.24, 2.45) is 0 Å². The number of carbonyl (C=O) groups excluding carboxylic acids is 1. The Morgan fingerprint density at radius 2 is 2.08 bits per heavy atom. The van der Waals surface area contributed by atoms with Crippen LogP contribution >= 0.6 is 0 Å². The van der Waals surface area contributed by atoms with Gasteiger partial charge in [-0.1, -0.05) is 26.2 Å². The van der Waals surface area contributed by atoms with Crippen LogP contribution < -0.4 is 10.1 Å². The van der Waals surface area contributed by atoms with Gasteiger partial charge in [0.1, 0.15) is 11.5 Å². The van der Waals surface area contributed by atoms with Crippen molar-refractivity contribution < 1.29 is 18.3 Å². The number of aromatic nitrogens is 2. The molecule has 2 aromatic rings. The maximum absolute atomic E-state index is 13.5. The Morgan fingerprint density at radius 1 is 1.25 bits per heavy atom. The first-order valence-corrected chi connectivity index (χ1v) is 7.99. The number of ether oxygens (including phenoxy) is 1. The van der Waals surface area contributed by atoms with Crippen LogP contribution in [0.5, 0.6) is 5.75 Å². The zero-order chi connectivity index (χ0) is 17.4. The summed E-state index contributed by atoms with van der Waals surface area (Å²) in [5, 5.41) is 6.87. The molecular weight excluding hydrogens is 316 g/mol. The Labute approximate surface area is 139 Å². The molecule has 0 unspecified atom stereocenters. The second-order valence-corrected chi connectivity index (χ2v) is 5.41. The first-order valence-electron chi connectivity index (χ1n) is 7.99. The Morgan fingerprint density at radius 3 is 2.83 bits per heavy atom. The van der Waals surface area contributed by atoms with Gasteiger partial charge in [0.2, 0.25) is 0 Å². The molecule has 0 aliphatic heterocycles. The number of hydrogen-bond acceptors (Lipinski definition) is 3. The van der Waals surface area contributed by atoms with E-state index < -0.39 is 11.6 Å². The fraction of sp³-hybridized carbons (Fsp3) is 0.412. The summed E-state index contributed by atoms with van der Waals surface area (Å²) in [7, 11) is 0. The van der Waals surface area contributed by atoms with Crippen LogP contribution in [0.15, 0.2) is 30.5 Å². The molecule has 0 fully saturated rings. The van der Waals surface area contributed by atoms with E-state index in [-0.39, 0.29) is 24.1 Å². The number of hydrogen-bond donors (Lipinski definition) is 1. The molecule has 5 nitrogen and oxygen atoms in total. The predicted octanol–water partition coefficient (Wildman–Crippen LogP) is 3.51. The zero-order valence-corrected chi connectivity index (χ0v) is 13.6. The summed E-state index contributed by atoms with van der Waals surface area (Å²) in [5.41, 5.74) is 0.272. The maximum Gasteiger partial charge on any atom is 0.271 e. The zero-order valence-electron chi connectivity index (χ0n) is 13.6. The molecule has 1 N–H and O–H groups in total. The van der Waals surface area contributed by atoms with Crippen LogP contribution in [-0.2, 0) is 6.73 Å². The van der Waals surface area contributed by atoms with E-state index in [2.05, 4.69) is 17.3 Å². The van der Waals surface area contributed by atoms with Gasteiger partial charge in [-0.25, -0.2) is 13.5 Å². The maximum atomic E-state index is 13.5. The van der Waals surface area contributed by atoms with Crippen molar-refractivity contribution in [1.82, 2.24) is 15.1 Å². The van der Waals surface area contributed by atoms with Crippen molar-refractivity contribution in [3.05, 3.63) is 47.8 Å². The van der Waals surface area contributed by atoms with E-state index in [1.54, 1.807) is 12.3 Å². The van der Waals surface area contributed by atoms with Crippen LogP contribution in [0.4, 0.5) is 8.78 Å². The van der Waals surface area contributed by atoms with Crippen LogP contribution in [0.2, 0.25) is 0 Å². The summed E-state index contributed by atoms with van der Waals surface area (Å²) in [6.45, 7) is 2.67. The molecule has 1 aromatic carbocycles. The van der Waals surface area contributed by atoms with Gasteiger partial charge >= 0.3 is 0 Å². The van der Waals surface area contributed by atoms with E-state index in [9.17, 15) is 13.6 Å². The topological polar surface area (TPSA) is 56.2 Å². The highest BCUT2D eigenvalue weighted by molar-refractivity contribution is 5.92. The summed E-state index contributed by atoms with van der Waals surface area (Å²) in [6, 6.07) is 4.62. The molecule has 7 heteroatoms. The average molecular weight is 337 g/mol. The molecular formula is C17H21F2N3O2. The first-order chi connectivity index (χ1) is 11.6. The Balaban J connectivity index is 1.81. The highest BCUT2D eigenvalue weighted by Gasteiger charge is 2.10. The van der Waals surface area contributed by atoms with Crippen molar-refractivity contribution in [2.45, 2.75) is 39.3 Å². The number of amides is 1. The SMILES string of the molecule is CCCCCCNC(=O)c1ccn(COc2ccc(F)cc2F)n1. The Kier molecular flexibility index (Phi) is 6.72. The number of nitrogens with zero attached hydrogens (tertiary/aromatic N) is 2. The monoisotopic (exact) mass is 337 g/mol. The van der Waals surface area contributed by atoms with Gasteiger partial charge in [-0.15, -0.1) is 0 Å². The van der Waals surface area contributed by atoms with Crippen molar-refractivity contribution in [3.63, 3.8) is 0 Å². The summed E-state index contributed by atoms with van der Waals surface area (Å²) in [4.78, 5) is 11.9. The van der Waals surface area contributed by atoms with E-state index in [1.807, 2.05) is 0 Å². The molecule has 0 aliphatic rings. The van der Waals surface area contributed by atoms with Crippen molar-refractivity contribution in [3.8, 4) is 5.75 Å². The minimum absolute atomic E-state index is 0.0752. The lowest BCUT2D eigenvalue weighted by Gasteiger charge is -2.07. The molecule has 0 bridgehead atoms. The summed E-state index contributed by atoms with van der Waals surface area (Å²) in [6.07, 6.45) is 5.89. The normalized spacial score (nSPS) is 10.6. The van der Waals surface area contributed by atoms with Crippen LogP contribution in [0.3, 0.4) is 0 Å². The van der Waals surface area contributed by atoms with E-state index in [0.717, 1.165) is 37.8 Å². The van der Waals surface area contributed by atoms with E-state index >= 15 is 0 Å². The molecule has 130 valence electrons. The summed E-state index contributed by atoms with van der Waals surface area (Å²) >= 11 is 0. The van der Waals surface area contributed by atoms with Crippen molar-refractivity contribution in [2.75, 3.05) is 6.54 Å². The van der Waals surface area contributed by atoms with Gasteiger partial charge in [-0.3, -0.25) is 4.79 Å². The fourth-order valence-electron chi connectivity index (χ4n) is 2.13. The van der Waals surface area contributed by atoms with Gasteiger partial charge in [0, 0.05) is 18.8 Å². The van der Waals surface area contributed by atoms with Crippen molar-refractivity contribution >= 4 is 5.91 Å². The van der Waals surface area contributed by atoms with Crippen LogP contribution in [0.1, 0.15) is 43.1 Å². The number of unbranched alkanes of at least 4 members (excludes halogenated alkanes) is 3.